The molecule has 2 fully saturated rings. The van der Waals surface area contributed by atoms with Crippen LogP contribution in [0.4, 0.5) is 0 Å². The summed E-state index contributed by atoms with van der Waals surface area (Å²) in [5.41, 5.74) is 3.99. The molecule has 4 aliphatic rings. The number of aliphatic hydroxyl groups excluding tert-OH is 1. The van der Waals surface area contributed by atoms with Gasteiger partial charge in [-0.25, -0.2) is 0 Å². The minimum atomic E-state index is -0.284. The SMILES string of the molecule is C=C(C)[C@H](C=C[C@@H](C)[C@H]1CC[C@H]2[C@@H]3C(=O)C=C4C[C@@H](O)CC[C@]4(C)C3=CC[C@]12C)CC. The third-order valence-corrected chi connectivity index (χ3v) is 9.74. The molecule has 0 radical (unpaired) electrons. The van der Waals surface area contributed by atoms with Crippen LogP contribution in [0.2, 0.25) is 0 Å². The molecule has 0 spiro atoms. The van der Waals surface area contributed by atoms with Gasteiger partial charge >= 0.3 is 0 Å². The number of allylic oxidation sites excluding steroid dienone is 6. The van der Waals surface area contributed by atoms with Crippen LogP contribution in [-0.4, -0.2) is 17.0 Å². The van der Waals surface area contributed by atoms with Gasteiger partial charge in [-0.05, 0) is 87.0 Å². The van der Waals surface area contributed by atoms with Crippen LogP contribution in [0.25, 0.3) is 0 Å². The molecule has 0 unspecified atom stereocenters. The van der Waals surface area contributed by atoms with Gasteiger partial charge in [-0.15, -0.1) is 0 Å². The molecule has 0 aromatic carbocycles. The van der Waals surface area contributed by atoms with Crippen LogP contribution >= 0.6 is 0 Å². The highest BCUT2D eigenvalue weighted by molar-refractivity contribution is 5.97. The Labute approximate surface area is 189 Å². The van der Waals surface area contributed by atoms with Crippen LogP contribution in [0.15, 0.2) is 47.6 Å². The third kappa shape index (κ3) is 3.63. The molecule has 2 heteroatoms. The minimum Gasteiger partial charge on any atom is -0.393 e. The molecule has 2 saturated carbocycles. The third-order valence-electron chi connectivity index (χ3n) is 9.74. The highest BCUT2D eigenvalue weighted by Crippen LogP contribution is 2.64. The summed E-state index contributed by atoms with van der Waals surface area (Å²) < 4.78 is 0. The lowest BCUT2D eigenvalue weighted by atomic mass is 9.51. The van der Waals surface area contributed by atoms with Crippen LogP contribution in [0, 0.1) is 40.4 Å². The molecule has 0 aromatic heterocycles. The zero-order valence-corrected chi connectivity index (χ0v) is 20.3. The topological polar surface area (TPSA) is 37.3 Å². The van der Waals surface area contributed by atoms with E-state index in [1.807, 2.05) is 6.08 Å². The smallest absolute Gasteiger partial charge is 0.163 e. The first-order valence-corrected chi connectivity index (χ1v) is 12.6. The lowest BCUT2D eigenvalue weighted by Crippen LogP contribution is -2.48. The number of carbonyl (C=O) groups excluding carboxylic acids is 1. The van der Waals surface area contributed by atoms with E-state index in [2.05, 4.69) is 59.4 Å². The molecule has 1 N–H and O–H groups in total. The fourth-order valence-corrected chi connectivity index (χ4v) is 7.70. The van der Waals surface area contributed by atoms with Crippen LogP contribution in [0.3, 0.4) is 0 Å². The van der Waals surface area contributed by atoms with Crippen LogP contribution < -0.4 is 0 Å². The maximum Gasteiger partial charge on any atom is 0.163 e. The Morgan fingerprint density at radius 1 is 1.29 bits per heavy atom. The Morgan fingerprint density at radius 3 is 2.71 bits per heavy atom. The molecule has 31 heavy (non-hydrogen) atoms. The molecule has 0 heterocycles. The Hall–Kier alpha value is -1.41. The van der Waals surface area contributed by atoms with Crippen molar-refractivity contribution >= 4 is 5.78 Å². The summed E-state index contributed by atoms with van der Waals surface area (Å²) >= 11 is 0. The average molecular weight is 423 g/mol. The first kappa shape index (κ1) is 22.8. The van der Waals surface area contributed by atoms with E-state index in [0.717, 1.165) is 32.1 Å². The summed E-state index contributed by atoms with van der Waals surface area (Å²) in [6.45, 7) is 15.7. The summed E-state index contributed by atoms with van der Waals surface area (Å²) in [6, 6.07) is 0. The summed E-state index contributed by atoms with van der Waals surface area (Å²) in [6.07, 6.45) is 16.0. The maximum absolute atomic E-state index is 13.4. The van der Waals surface area contributed by atoms with Gasteiger partial charge in [0.2, 0.25) is 0 Å². The van der Waals surface area contributed by atoms with Crippen molar-refractivity contribution in [2.75, 3.05) is 0 Å². The fourth-order valence-electron chi connectivity index (χ4n) is 7.70. The van der Waals surface area contributed by atoms with Crippen LogP contribution in [0.1, 0.15) is 79.6 Å². The van der Waals surface area contributed by atoms with Crippen molar-refractivity contribution in [3.05, 3.63) is 47.6 Å². The van der Waals surface area contributed by atoms with E-state index < -0.39 is 0 Å². The molecule has 4 rings (SSSR count). The number of hydrogen-bond donors (Lipinski definition) is 1. The highest BCUT2D eigenvalue weighted by Gasteiger charge is 2.58. The van der Waals surface area contributed by atoms with E-state index >= 15 is 0 Å². The molecule has 0 saturated heterocycles. The van der Waals surface area contributed by atoms with Crippen molar-refractivity contribution in [3.63, 3.8) is 0 Å². The zero-order chi connectivity index (χ0) is 22.6. The van der Waals surface area contributed by atoms with Crippen molar-refractivity contribution in [1.82, 2.24) is 0 Å². The van der Waals surface area contributed by atoms with Crippen molar-refractivity contribution in [3.8, 4) is 0 Å². The quantitative estimate of drug-likeness (QED) is 0.494. The normalized spacial score (nSPS) is 41.7. The van der Waals surface area contributed by atoms with Gasteiger partial charge in [0.25, 0.3) is 0 Å². The van der Waals surface area contributed by atoms with E-state index in [1.165, 1.54) is 23.1 Å². The number of aliphatic hydroxyl groups is 1. The monoisotopic (exact) mass is 422 g/mol. The predicted molar refractivity (Wildman–Crippen MR) is 128 cm³/mol. The standard InChI is InChI=1S/C29H42O2/c1-7-20(18(2)3)9-8-19(4)23-10-11-24-27-25(13-15-29(23,24)6)28(5)14-12-22(30)16-21(28)17-26(27)31/h8-9,13,17,19-20,22-24,27,30H,2,7,10-12,14-16H2,1,3-6H3/t19-,20+,22+,23-,24+,27+,28+,29-/m1/s1. The number of fused-ring (bicyclic) bond motifs is 5. The number of rotatable bonds is 5. The molecule has 4 aliphatic carbocycles. The summed E-state index contributed by atoms with van der Waals surface area (Å²) in [5.74, 6) is 2.42. The number of ketones is 1. The van der Waals surface area contributed by atoms with Gasteiger partial charge in [-0.2, -0.15) is 0 Å². The van der Waals surface area contributed by atoms with Gasteiger partial charge in [0.15, 0.2) is 5.78 Å². The maximum atomic E-state index is 13.4. The molecule has 0 aromatic rings. The van der Waals surface area contributed by atoms with Crippen LogP contribution in [-0.2, 0) is 4.79 Å². The average Bonchev–Trinajstić information content (AvgIpc) is 3.06. The van der Waals surface area contributed by atoms with Gasteiger partial charge in [-0.1, -0.05) is 69.2 Å². The predicted octanol–water partition coefficient (Wildman–Crippen LogP) is 6.82. The second-order valence-electron chi connectivity index (χ2n) is 11.5. The zero-order valence-electron chi connectivity index (χ0n) is 20.3. The number of carbonyl (C=O) groups is 1. The lowest BCUT2D eigenvalue weighted by molar-refractivity contribution is -0.122. The highest BCUT2D eigenvalue weighted by atomic mass is 16.3. The summed E-state index contributed by atoms with van der Waals surface area (Å²) in [5, 5.41) is 10.2. The molecule has 0 bridgehead atoms. The molecule has 2 nitrogen and oxygen atoms in total. The molecular formula is C29H42O2. The van der Waals surface area contributed by atoms with Crippen molar-refractivity contribution < 1.29 is 9.90 Å². The van der Waals surface area contributed by atoms with Gasteiger partial charge in [0, 0.05) is 11.3 Å². The Bertz CT molecular complexity index is 845. The van der Waals surface area contributed by atoms with Crippen molar-refractivity contribution in [1.29, 1.82) is 0 Å². The molecule has 0 amide bonds. The molecule has 8 atom stereocenters. The van der Waals surface area contributed by atoms with E-state index in [9.17, 15) is 9.90 Å². The fraction of sp³-hybridized carbons (Fsp3) is 0.690. The Morgan fingerprint density at radius 2 is 2.03 bits per heavy atom. The largest absolute Gasteiger partial charge is 0.393 e. The second kappa shape index (κ2) is 8.18. The summed E-state index contributed by atoms with van der Waals surface area (Å²) in [7, 11) is 0. The molecule has 0 aliphatic heterocycles. The van der Waals surface area contributed by atoms with Crippen molar-refractivity contribution in [2.45, 2.75) is 85.7 Å². The van der Waals surface area contributed by atoms with Gasteiger partial charge in [-0.3, -0.25) is 4.79 Å². The van der Waals surface area contributed by atoms with Crippen molar-refractivity contribution in [2.24, 2.45) is 40.4 Å². The molecular weight excluding hydrogens is 380 g/mol. The molecule has 170 valence electrons. The lowest BCUT2D eigenvalue weighted by Gasteiger charge is -2.53. The summed E-state index contributed by atoms with van der Waals surface area (Å²) in [4.78, 5) is 13.4. The van der Waals surface area contributed by atoms with Gasteiger partial charge in [0.05, 0.1) is 6.10 Å². The Kier molecular flexibility index (Phi) is 6.01. The first-order chi connectivity index (χ1) is 14.6. The van der Waals surface area contributed by atoms with Gasteiger partial charge in [0.1, 0.15) is 0 Å². The van der Waals surface area contributed by atoms with E-state index in [0.29, 0.717) is 35.9 Å². The minimum absolute atomic E-state index is 0.0153. The Balaban J connectivity index is 1.61. The first-order valence-electron chi connectivity index (χ1n) is 12.6. The van der Waals surface area contributed by atoms with E-state index in [-0.39, 0.29) is 22.9 Å². The number of hydrogen-bond acceptors (Lipinski definition) is 2. The van der Waals surface area contributed by atoms with E-state index in [4.69, 9.17) is 0 Å². The van der Waals surface area contributed by atoms with E-state index in [1.54, 1.807) is 0 Å². The second-order valence-corrected chi connectivity index (χ2v) is 11.5. The van der Waals surface area contributed by atoms with Gasteiger partial charge < -0.3 is 5.11 Å². The van der Waals surface area contributed by atoms with Crippen LogP contribution in [0.5, 0.6) is 0 Å².